The molecule has 1 aromatic carbocycles. The van der Waals surface area contributed by atoms with E-state index in [0.717, 1.165) is 31.4 Å². The second-order valence-corrected chi connectivity index (χ2v) is 9.05. The zero-order chi connectivity index (χ0) is 26.8. The van der Waals surface area contributed by atoms with E-state index in [-0.39, 0.29) is 12.4 Å². The van der Waals surface area contributed by atoms with Gasteiger partial charge in [0.15, 0.2) is 6.29 Å². The van der Waals surface area contributed by atoms with Crippen LogP contribution < -0.4 is 11.4 Å². The average Bonchev–Trinajstić information content (AvgIpc) is 3.32. The minimum atomic E-state index is -0.448. The predicted molar refractivity (Wildman–Crippen MR) is 139 cm³/mol. The Morgan fingerprint density at radius 2 is 1.83 bits per heavy atom. The molecule has 202 valence electrons. The maximum absolute atomic E-state index is 12.3. The van der Waals surface area contributed by atoms with Crippen LogP contribution in [0.4, 0.5) is 10.6 Å². The van der Waals surface area contributed by atoms with Crippen molar-refractivity contribution < 1.29 is 23.7 Å². The van der Waals surface area contributed by atoms with Crippen molar-refractivity contribution in [2.24, 2.45) is 0 Å². The number of unbranched alkanes of at least 4 members (excludes halogenated alkanes) is 2. The van der Waals surface area contributed by atoms with Gasteiger partial charge in [-0.05, 0) is 38.8 Å². The molecule has 0 atom stereocenters. The lowest BCUT2D eigenvalue weighted by Crippen LogP contribution is -2.37. The number of benzene rings is 1. The van der Waals surface area contributed by atoms with Gasteiger partial charge in [-0.1, -0.05) is 50.1 Å². The molecule has 10 nitrogen and oxygen atoms in total. The number of rotatable bonds is 8. The quantitative estimate of drug-likeness (QED) is 0.515. The van der Waals surface area contributed by atoms with Crippen molar-refractivity contribution >= 4 is 11.9 Å². The molecular formula is C26H42N4O6. The van der Waals surface area contributed by atoms with Crippen LogP contribution in [0.5, 0.6) is 0 Å². The Morgan fingerprint density at radius 3 is 2.33 bits per heavy atom. The van der Waals surface area contributed by atoms with Crippen LogP contribution in [-0.4, -0.2) is 66.3 Å². The Kier molecular flexibility index (Phi) is 15.1. The molecule has 1 fully saturated rings. The second kappa shape index (κ2) is 17.5. The van der Waals surface area contributed by atoms with Crippen LogP contribution in [0.25, 0.3) is 0 Å². The number of amides is 1. The van der Waals surface area contributed by atoms with Crippen molar-refractivity contribution in [3.8, 4) is 0 Å². The van der Waals surface area contributed by atoms with Crippen molar-refractivity contribution in [3.63, 3.8) is 0 Å². The Hall–Kier alpha value is -2.95. The van der Waals surface area contributed by atoms with E-state index in [1.807, 2.05) is 51.1 Å². The molecule has 3 rings (SSSR count). The van der Waals surface area contributed by atoms with Gasteiger partial charge in [-0.25, -0.2) is 14.6 Å². The number of hydrogen-bond acceptors (Lipinski definition) is 8. The van der Waals surface area contributed by atoms with Gasteiger partial charge in [0.1, 0.15) is 11.4 Å². The van der Waals surface area contributed by atoms with Gasteiger partial charge in [-0.3, -0.25) is 4.98 Å². The van der Waals surface area contributed by atoms with Gasteiger partial charge >= 0.3 is 11.8 Å². The average molecular weight is 507 g/mol. The molecule has 2 aromatic rings. The number of carbonyl (C=O) groups excluding carboxylic acids is 1. The molecular weight excluding hydrogens is 464 g/mol. The number of nitrogens with one attached hydrogen (secondary N) is 1. The van der Waals surface area contributed by atoms with Gasteiger partial charge in [0.2, 0.25) is 0 Å². The molecule has 1 aliphatic rings. The number of H-pyrrole nitrogens is 1. The van der Waals surface area contributed by atoms with Gasteiger partial charge in [0, 0.05) is 26.4 Å². The number of methoxy groups -OCH3 is 1. The highest BCUT2D eigenvalue weighted by atomic mass is 16.7. The van der Waals surface area contributed by atoms with Gasteiger partial charge in [-0.2, -0.15) is 0 Å². The number of nitrogen functional groups attached to an aromatic ring is 1. The Balaban J connectivity index is 0.000000328. The van der Waals surface area contributed by atoms with E-state index in [1.165, 1.54) is 12.3 Å². The number of hydrogen-bond donors (Lipinski definition) is 2. The highest BCUT2D eigenvalue weighted by Crippen LogP contribution is 2.14. The lowest BCUT2D eigenvalue weighted by atomic mass is 10.2. The molecule has 0 aliphatic carbocycles. The normalized spacial score (nSPS) is 13.1. The minimum Gasteiger partial charge on any atom is -0.444 e. The summed E-state index contributed by atoms with van der Waals surface area (Å²) in [5.74, 6) is 0.338. The molecule has 3 N–H and O–H groups in total. The summed E-state index contributed by atoms with van der Waals surface area (Å²) in [7, 11) is 1.63. The molecule has 1 aromatic heterocycles. The number of ether oxygens (including phenoxy) is 4. The maximum Gasteiger partial charge on any atom is 0.410 e. The maximum atomic E-state index is 12.3. The van der Waals surface area contributed by atoms with Crippen LogP contribution in [0.3, 0.4) is 0 Å². The summed E-state index contributed by atoms with van der Waals surface area (Å²) in [6.07, 6.45) is 4.32. The number of nitrogens with two attached hydrogens (primary N) is 1. The number of anilines is 1. The van der Waals surface area contributed by atoms with Crippen molar-refractivity contribution in [2.75, 3.05) is 39.2 Å². The van der Waals surface area contributed by atoms with Gasteiger partial charge < -0.3 is 29.6 Å². The fraction of sp³-hybridized carbons (Fsp3) is 0.577. The Labute approximate surface area is 214 Å². The van der Waals surface area contributed by atoms with Gasteiger partial charge in [0.05, 0.1) is 19.8 Å². The molecule has 1 saturated heterocycles. The molecule has 1 amide bonds. The van der Waals surface area contributed by atoms with Gasteiger partial charge in [0.25, 0.3) is 0 Å². The summed E-state index contributed by atoms with van der Waals surface area (Å²) in [5, 5.41) is 0. The monoisotopic (exact) mass is 506 g/mol. The summed E-state index contributed by atoms with van der Waals surface area (Å²) >= 11 is 0. The number of aromatic nitrogens is 2. The van der Waals surface area contributed by atoms with Crippen LogP contribution in [0.15, 0.2) is 47.4 Å². The molecule has 1 aliphatic heterocycles. The predicted octanol–water partition coefficient (Wildman–Crippen LogP) is 3.97. The highest BCUT2D eigenvalue weighted by molar-refractivity contribution is 5.68. The molecule has 0 saturated carbocycles. The first-order valence-electron chi connectivity index (χ1n) is 12.2. The van der Waals surface area contributed by atoms with Crippen molar-refractivity contribution in [3.05, 3.63) is 58.6 Å². The summed E-state index contributed by atoms with van der Waals surface area (Å²) in [5.41, 5.74) is 5.44. The Morgan fingerprint density at radius 1 is 1.17 bits per heavy atom. The molecule has 36 heavy (non-hydrogen) atoms. The third kappa shape index (κ3) is 15.1. The van der Waals surface area contributed by atoms with E-state index in [1.54, 1.807) is 12.0 Å². The SMILES string of the molecule is CCCCCN(Cc1ccccc1)C(=O)OC(C)(C)C.COCC1OCCO1.Nc1ccnc(=O)[nH]1. The van der Waals surface area contributed by atoms with Crippen LogP contribution in [0.1, 0.15) is 52.5 Å². The molecule has 2 heterocycles. The van der Waals surface area contributed by atoms with E-state index in [0.29, 0.717) is 32.2 Å². The zero-order valence-electron chi connectivity index (χ0n) is 22.2. The van der Waals surface area contributed by atoms with E-state index < -0.39 is 11.3 Å². The number of nitrogens with zero attached hydrogens (tertiary/aromatic N) is 2. The summed E-state index contributed by atoms with van der Waals surface area (Å²) < 4.78 is 20.4. The molecule has 0 spiro atoms. The van der Waals surface area contributed by atoms with Crippen molar-refractivity contribution in [1.29, 1.82) is 0 Å². The molecule has 10 heteroatoms. The first-order valence-corrected chi connectivity index (χ1v) is 12.2. The first kappa shape index (κ1) is 31.1. The second-order valence-electron chi connectivity index (χ2n) is 9.05. The van der Waals surface area contributed by atoms with Crippen LogP contribution in [-0.2, 0) is 25.5 Å². The van der Waals surface area contributed by atoms with Crippen LogP contribution in [0.2, 0.25) is 0 Å². The number of carbonyl (C=O) groups is 1. The summed E-state index contributed by atoms with van der Waals surface area (Å²) in [4.78, 5) is 29.9. The topological polar surface area (TPSA) is 129 Å². The summed E-state index contributed by atoms with van der Waals surface area (Å²) in [6.45, 7) is 11.2. The largest absolute Gasteiger partial charge is 0.444 e. The third-order valence-electron chi connectivity index (χ3n) is 4.59. The van der Waals surface area contributed by atoms with E-state index >= 15 is 0 Å². The molecule has 0 bridgehead atoms. The molecule has 0 radical (unpaired) electrons. The standard InChI is InChI=1S/C17H27NO2.C5H10O3.C4H5N3O/c1-5-6-10-13-18(16(19)20-17(2,3)4)14-15-11-8-7-9-12-15;1-6-4-5-7-2-3-8-5;5-3-1-2-6-4(8)7-3/h7-9,11-12H,5-6,10,13-14H2,1-4H3;5H,2-4H2,1H3;1-2H,(H3,5,6,7,8). The molecule has 0 unspecified atom stereocenters. The van der Waals surface area contributed by atoms with E-state index in [2.05, 4.69) is 16.9 Å². The van der Waals surface area contributed by atoms with Crippen LogP contribution >= 0.6 is 0 Å². The van der Waals surface area contributed by atoms with Crippen molar-refractivity contribution in [2.45, 2.75) is 65.4 Å². The number of aromatic amines is 1. The fourth-order valence-electron chi connectivity index (χ4n) is 2.94. The minimum absolute atomic E-state index is 0.111. The van der Waals surface area contributed by atoms with E-state index in [4.69, 9.17) is 24.7 Å². The first-order chi connectivity index (χ1) is 17.1. The van der Waals surface area contributed by atoms with E-state index in [9.17, 15) is 9.59 Å². The Bertz CT molecular complexity index is 895. The zero-order valence-corrected chi connectivity index (χ0v) is 22.2. The lowest BCUT2D eigenvalue weighted by Gasteiger charge is -2.27. The summed E-state index contributed by atoms with van der Waals surface area (Å²) in [6, 6.07) is 11.6. The lowest BCUT2D eigenvalue weighted by molar-refractivity contribution is -0.0846. The van der Waals surface area contributed by atoms with Crippen LogP contribution in [0, 0.1) is 0 Å². The van der Waals surface area contributed by atoms with Gasteiger partial charge in [-0.15, -0.1) is 0 Å². The smallest absolute Gasteiger partial charge is 0.410 e. The van der Waals surface area contributed by atoms with Crippen molar-refractivity contribution in [1.82, 2.24) is 14.9 Å². The highest BCUT2D eigenvalue weighted by Gasteiger charge is 2.22. The fourth-order valence-corrected chi connectivity index (χ4v) is 2.94. The third-order valence-corrected chi connectivity index (χ3v) is 4.59.